The average molecular weight is 420 g/mol. The van der Waals surface area contributed by atoms with Gasteiger partial charge in [0.15, 0.2) is 0 Å². The first-order valence-corrected chi connectivity index (χ1v) is 9.12. The van der Waals surface area contributed by atoms with Gasteiger partial charge in [-0.1, -0.05) is 35.9 Å². The molecule has 0 aliphatic heterocycles. The van der Waals surface area contributed by atoms with E-state index in [0.717, 1.165) is 33.7 Å². The molecule has 0 unspecified atom stereocenters. The second-order valence-electron chi connectivity index (χ2n) is 6.94. The zero-order valence-corrected chi connectivity index (χ0v) is 17.1. The summed E-state index contributed by atoms with van der Waals surface area (Å²) in [5, 5.41) is 2.80. The normalized spacial score (nSPS) is 11.4. The topological polar surface area (TPSA) is 58.6 Å². The SMILES string of the molecule is Cc1cc(C)c(NC(=O)CN(C)C(=O)/C=C/c2ccccc2OC(F)(F)F)c(C)c1. The van der Waals surface area contributed by atoms with Gasteiger partial charge in [-0.2, -0.15) is 0 Å². The van der Waals surface area contributed by atoms with Gasteiger partial charge in [-0.3, -0.25) is 9.59 Å². The van der Waals surface area contributed by atoms with Gasteiger partial charge < -0.3 is 15.0 Å². The van der Waals surface area contributed by atoms with Gasteiger partial charge in [-0.05, 0) is 44.0 Å². The lowest BCUT2D eigenvalue weighted by Gasteiger charge is -2.17. The first-order chi connectivity index (χ1) is 14.0. The van der Waals surface area contributed by atoms with Crippen LogP contribution in [0.3, 0.4) is 0 Å². The molecule has 0 aliphatic rings. The minimum Gasteiger partial charge on any atom is -0.405 e. The van der Waals surface area contributed by atoms with Crippen LogP contribution in [0.5, 0.6) is 5.75 Å². The first kappa shape index (κ1) is 23.0. The molecule has 0 saturated heterocycles. The van der Waals surface area contributed by atoms with Gasteiger partial charge in [0.25, 0.3) is 0 Å². The number of carbonyl (C=O) groups excluding carboxylic acids is 2. The quantitative estimate of drug-likeness (QED) is 0.694. The van der Waals surface area contributed by atoms with Crippen molar-refractivity contribution in [1.82, 2.24) is 4.90 Å². The number of ether oxygens (including phenoxy) is 1. The standard InChI is InChI=1S/C22H23F3N2O3/c1-14-11-15(2)21(16(3)12-14)26-19(28)13-27(4)20(29)10-9-17-7-5-6-8-18(17)30-22(23,24)25/h5-12H,13H2,1-4H3,(H,26,28)/b10-9+. The van der Waals surface area contributed by atoms with Gasteiger partial charge in [0, 0.05) is 24.4 Å². The Morgan fingerprint density at radius 3 is 2.30 bits per heavy atom. The molecule has 0 aromatic heterocycles. The highest BCUT2D eigenvalue weighted by molar-refractivity contribution is 5.98. The van der Waals surface area contributed by atoms with E-state index in [1.54, 1.807) is 0 Å². The summed E-state index contributed by atoms with van der Waals surface area (Å²) < 4.78 is 41.4. The molecular formula is C22H23F3N2O3. The molecule has 5 nitrogen and oxygen atoms in total. The van der Waals surface area contributed by atoms with E-state index in [0.29, 0.717) is 5.69 Å². The van der Waals surface area contributed by atoms with Crippen molar-refractivity contribution in [3.63, 3.8) is 0 Å². The number of rotatable bonds is 6. The Labute approximate surface area is 173 Å². The molecule has 2 aromatic carbocycles. The molecule has 0 heterocycles. The van der Waals surface area contributed by atoms with E-state index in [4.69, 9.17) is 0 Å². The number of alkyl halides is 3. The molecule has 8 heteroatoms. The molecule has 0 aliphatic carbocycles. The molecule has 0 saturated carbocycles. The van der Waals surface area contributed by atoms with E-state index < -0.39 is 18.0 Å². The van der Waals surface area contributed by atoms with E-state index in [9.17, 15) is 22.8 Å². The number of anilines is 1. The van der Waals surface area contributed by atoms with Gasteiger partial charge >= 0.3 is 6.36 Å². The molecule has 1 N–H and O–H groups in total. The van der Waals surface area contributed by atoms with Crippen LogP contribution in [0.4, 0.5) is 18.9 Å². The number of halogens is 3. The first-order valence-electron chi connectivity index (χ1n) is 9.12. The van der Waals surface area contributed by atoms with Crippen LogP contribution in [-0.4, -0.2) is 36.7 Å². The van der Waals surface area contributed by atoms with Crippen LogP contribution in [0.15, 0.2) is 42.5 Å². The number of likely N-dealkylation sites (N-methyl/N-ethyl adjacent to an activating group) is 1. The van der Waals surface area contributed by atoms with Crippen molar-refractivity contribution in [2.24, 2.45) is 0 Å². The molecular weight excluding hydrogens is 397 g/mol. The van der Waals surface area contributed by atoms with Crippen LogP contribution in [-0.2, 0) is 9.59 Å². The number of nitrogens with one attached hydrogen (secondary N) is 1. The third-order valence-electron chi connectivity index (χ3n) is 4.25. The van der Waals surface area contributed by atoms with Crippen molar-refractivity contribution in [1.29, 1.82) is 0 Å². The van der Waals surface area contributed by atoms with E-state index in [-0.39, 0.29) is 18.0 Å². The number of amides is 2. The van der Waals surface area contributed by atoms with Crippen LogP contribution < -0.4 is 10.1 Å². The summed E-state index contributed by atoms with van der Waals surface area (Å²) in [6.45, 7) is 5.51. The maximum absolute atomic E-state index is 12.5. The Balaban J connectivity index is 2.03. The summed E-state index contributed by atoms with van der Waals surface area (Å²) in [5.41, 5.74) is 3.69. The van der Waals surface area contributed by atoms with Gasteiger partial charge in [-0.15, -0.1) is 13.2 Å². The number of nitrogens with zero attached hydrogens (tertiary/aromatic N) is 1. The van der Waals surface area contributed by atoms with E-state index in [2.05, 4.69) is 10.1 Å². The predicted molar refractivity (Wildman–Crippen MR) is 109 cm³/mol. The lowest BCUT2D eigenvalue weighted by atomic mass is 10.1. The average Bonchev–Trinajstić information content (AvgIpc) is 2.62. The summed E-state index contributed by atoms with van der Waals surface area (Å²) in [6, 6.07) is 9.35. The summed E-state index contributed by atoms with van der Waals surface area (Å²) >= 11 is 0. The third-order valence-corrected chi connectivity index (χ3v) is 4.25. The molecule has 2 amide bonds. The zero-order valence-electron chi connectivity index (χ0n) is 17.1. The predicted octanol–water partition coefficient (Wildman–Crippen LogP) is 4.62. The van der Waals surface area contributed by atoms with Crippen molar-refractivity contribution < 1.29 is 27.5 Å². The van der Waals surface area contributed by atoms with Crippen LogP contribution in [0.2, 0.25) is 0 Å². The second-order valence-corrected chi connectivity index (χ2v) is 6.94. The van der Waals surface area contributed by atoms with Gasteiger partial charge in [0.2, 0.25) is 11.8 Å². The molecule has 160 valence electrons. The van der Waals surface area contributed by atoms with E-state index in [1.807, 2.05) is 32.9 Å². The van der Waals surface area contributed by atoms with Crippen molar-refractivity contribution in [3.05, 3.63) is 64.7 Å². The lowest BCUT2D eigenvalue weighted by Crippen LogP contribution is -2.34. The Morgan fingerprint density at radius 2 is 1.70 bits per heavy atom. The van der Waals surface area contributed by atoms with Crippen LogP contribution in [0, 0.1) is 20.8 Å². The number of hydrogen-bond donors (Lipinski definition) is 1. The maximum atomic E-state index is 12.5. The number of aryl methyl sites for hydroxylation is 3. The van der Waals surface area contributed by atoms with E-state index in [1.165, 1.54) is 31.3 Å². The number of carbonyl (C=O) groups is 2. The largest absolute Gasteiger partial charge is 0.573 e. The fraction of sp³-hybridized carbons (Fsp3) is 0.273. The number of benzene rings is 2. The summed E-state index contributed by atoms with van der Waals surface area (Å²) in [7, 11) is 1.43. The Morgan fingerprint density at radius 1 is 1.10 bits per heavy atom. The minimum atomic E-state index is -4.84. The smallest absolute Gasteiger partial charge is 0.405 e. The fourth-order valence-electron chi connectivity index (χ4n) is 2.97. The number of hydrogen-bond acceptors (Lipinski definition) is 3. The van der Waals surface area contributed by atoms with Gasteiger partial charge in [-0.25, -0.2) is 0 Å². The summed E-state index contributed by atoms with van der Waals surface area (Å²) in [5.74, 6) is -1.33. The third kappa shape index (κ3) is 6.65. The van der Waals surface area contributed by atoms with Crippen LogP contribution >= 0.6 is 0 Å². The van der Waals surface area contributed by atoms with Gasteiger partial charge in [0.05, 0.1) is 6.54 Å². The Bertz CT molecular complexity index is 945. The van der Waals surface area contributed by atoms with E-state index >= 15 is 0 Å². The highest BCUT2D eigenvalue weighted by Gasteiger charge is 2.31. The number of para-hydroxylation sites is 1. The molecule has 0 bridgehead atoms. The molecule has 0 fully saturated rings. The highest BCUT2D eigenvalue weighted by atomic mass is 19.4. The Hall–Kier alpha value is -3.29. The summed E-state index contributed by atoms with van der Waals surface area (Å²) in [4.78, 5) is 25.8. The van der Waals surface area contributed by atoms with Crippen LogP contribution in [0.1, 0.15) is 22.3 Å². The van der Waals surface area contributed by atoms with Crippen molar-refractivity contribution in [2.45, 2.75) is 27.1 Å². The molecule has 0 atom stereocenters. The maximum Gasteiger partial charge on any atom is 0.573 e. The molecule has 0 spiro atoms. The lowest BCUT2D eigenvalue weighted by molar-refractivity contribution is -0.274. The Kier molecular flexibility index (Phi) is 7.26. The van der Waals surface area contributed by atoms with Crippen molar-refractivity contribution in [3.8, 4) is 5.75 Å². The minimum absolute atomic E-state index is 0.0898. The zero-order chi connectivity index (χ0) is 22.5. The molecule has 2 aromatic rings. The van der Waals surface area contributed by atoms with Crippen molar-refractivity contribution in [2.75, 3.05) is 18.9 Å². The van der Waals surface area contributed by atoms with Gasteiger partial charge in [0.1, 0.15) is 5.75 Å². The second kappa shape index (κ2) is 9.47. The fourth-order valence-corrected chi connectivity index (χ4v) is 2.97. The molecule has 2 rings (SSSR count). The monoisotopic (exact) mass is 420 g/mol. The molecule has 0 radical (unpaired) electrons. The van der Waals surface area contributed by atoms with Crippen LogP contribution in [0.25, 0.3) is 6.08 Å². The van der Waals surface area contributed by atoms with Crippen molar-refractivity contribution >= 4 is 23.6 Å². The highest BCUT2D eigenvalue weighted by Crippen LogP contribution is 2.27. The summed E-state index contributed by atoms with van der Waals surface area (Å²) in [6.07, 6.45) is -2.53. The molecule has 30 heavy (non-hydrogen) atoms.